The molecule has 3 rings (SSSR count). The molecule has 2 aromatic carbocycles. The van der Waals surface area contributed by atoms with E-state index in [-0.39, 0.29) is 18.1 Å². The normalized spacial score (nSPS) is 16.1. The fourth-order valence-electron chi connectivity index (χ4n) is 3.77. The molecule has 1 amide bonds. The van der Waals surface area contributed by atoms with Gasteiger partial charge in [-0.2, -0.15) is 5.10 Å². The smallest absolute Gasteiger partial charge is 0.271 e. The van der Waals surface area contributed by atoms with Crippen LogP contribution in [0.1, 0.15) is 42.7 Å². The summed E-state index contributed by atoms with van der Waals surface area (Å²) in [5.41, 5.74) is 5.19. The van der Waals surface area contributed by atoms with Crippen molar-refractivity contribution in [3.8, 4) is 11.5 Å². The van der Waals surface area contributed by atoms with Crippen LogP contribution in [-0.4, -0.2) is 51.1 Å². The zero-order valence-corrected chi connectivity index (χ0v) is 18.7. The Kier molecular flexibility index (Phi) is 8.03. The van der Waals surface area contributed by atoms with E-state index < -0.39 is 0 Å². The van der Waals surface area contributed by atoms with Crippen LogP contribution >= 0.6 is 0 Å². The summed E-state index contributed by atoms with van der Waals surface area (Å²) in [6, 6.07) is 15.4. The van der Waals surface area contributed by atoms with Gasteiger partial charge in [-0.15, -0.1) is 0 Å². The first-order valence-electron chi connectivity index (χ1n) is 10.7. The van der Waals surface area contributed by atoms with Crippen LogP contribution in [0.15, 0.2) is 53.6 Å². The molecule has 1 fully saturated rings. The molecule has 7 heteroatoms. The van der Waals surface area contributed by atoms with Crippen LogP contribution in [-0.2, 0) is 4.74 Å². The molecular formula is C24H32N3O4+. The molecule has 1 aliphatic heterocycles. The molecule has 0 unspecified atom stereocenters. The van der Waals surface area contributed by atoms with E-state index in [1.165, 1.54) is 10.5 Å². The van der Waals surface area contributed by atoms with Gasteiger partial charge in [-0.25, -0.2) is 5.43 Å². The first kappa shape index (κ1) is 22.8. The molecule has 0 aromatic heterocycles. The van der Waals surface area contributed by atoms with E-state index in [0.29, 0.717) is 17.1 Å². The van der Waals surface area contributed by atoms with E-state index >= 15 is 0 Å². The third kappa shape index (κ3) is 6.06. The maximum absolute atomic E-state index is 12.7. The Hall–Kier alpha value is -2.90. The third-order valence-corrected chi connectivity index (χ3v) is 5.22. The average molecular weight is 427 g/mol. The molecule has 1 aliphatic rings. The number of hydrogen-bond donors (Lipinski definition) is 2. The topological polar surface area (TPSA) is 73.6 Å². The minimum atomic E-state index is -0.294. The predicted molar refractivity (Wildman–Crippen MR) is 120 cm³/mol. The van der Waals surface area contributed by atoms with Crippen LogP contribution in [0.5, 0.6) is 11.5 Å². The number of nitrogens with one attached hydrogen (secondary N) is 2. The standard InChI is InChI=1S/C24H31N3O4/c1-17(2)31-21-11-10-20(16-22(21)29-4)24(28)26-25-18(3)23(19-8-6-5-7-9-19)27-12-14-30-15-13-27/h5-11,16-17,23H,12-15H2,1-4H3,(H,26,28)/p+1/b25-18-/t23-/m1/s1. The second-order valence-electron chi connectivity index (χ2n) is 7.84. The van der Waals surface area contributed by atoms with Gasteiger partial charge in [-0.1, -0.05) is 30.3 Å². The molecule has 0 bridgehead atoms. The van der Waals surface area contributed by atoms with Gasteiger partial charge in [0.05, 0.1) is 32.1 Å². The number of nitrogens with zero attached hydrogens (tertiary/aromatic N) is 1. The number of rotatable bonds is 8. The number of methoxy groups -OCH3 is 1. The highest BCUT2D eigenvalue weighted by Crippen LogP contribution is 2.29. The Morgan fingerprint density at radius 1 is 1.10 bits per heavy atom. The van der Waals surface area contributed by atoms with Crippen molar-refractivity contribution in [2.24, 2.45) is 5.10 Å². The molecule has 0 spiro atoms. The highest BCUT2D eigenvalue weighted by Gasteiger charge is 2.29. The number of benzene rings is 2. The molecule has 1 saturated heterocycles. The molecule has 1 heterocycles. The monoisotopic (exact) mass is 426 g/mol. The van der Waals surface area contributed by atoms with Gasteiger partial charge in [0.2, 0.25) is 0 Å². The van der Waals surface area contributed by atoms with E-state index in [9.17, 15) is 4.79 Å². The summed E-state index contributed by atoms with van der Waals surface area (Å²) >= 11 is 0. The van der Waals surface area contributed by atoms with Crippen molar-refractivity contribution in [1.82, 2.24) is 5.43 Å². The minimum absolute atomic E-state index is 0.0124. The highest BCUT2D eigenvalue weighted by molar-refractivity contribution is 5.96. The number of morpholine rings is 1. The molecule has 0 radical (unpaired) electrons. The van der Waals surface area contributed by atoms with Crippen molar-refractivity contribution in [3.63, 3.8) is 0 Å². The Balaban J connectivity index is 1.77. The van der Waals surface area contributed by atoms with Gasteiger partial charge in [-0.3, -0.25) is 4.79 Å². The van der Waals surface area contributed by atoms with Crippen LogP contribution in [0, 0.1) is 0 Å². The third-order valence-electron chi connectivity index (χ3n) is 5.22. The SMILES string of the molecule is COc1cc(C(=O)N/N=C(/C)[C@H](c2ccccc2)[NH+]2CCOCC2)ccc1OC(C)C. The molecule has 1 atom stereocenters. The van der Waals surface area contributed by atoms with Gasteiger partial charge in [0, 0.05) is 11.1 Å². The average Bonchev–Trinajstić information content (AvgIpc) is 2.79. The van der Waals surface area contributed by atoms with Crippen LogP contribution in [0.4, 0.5) is 0 Å². The summed E-state index contributed by atoms with van der Waals surface area (Å²) < 4.78 is 16.6. The molecule has 0 saturated carbocycles. The van der Waals surface area contributed by atoms with Crippen molar-refractivity contribution in [2.75, 3.05) is 33.4 Å². The van der Waals surface area contributed by atoms with Gasteiger partial charge in [0.15, 0.2) is 17.5 Å². The Bertz CT molecular complexity index is 893. The Morgan fingerprint density at radius 2 is 1.81 bits per heavy atom. The fourth-order valence-corrected chi connectivity index (χ4v) is 3.77. The summed E-state index contributed by atoms with van der Waals surface area (Å²) in [6.45, 7) is 9.09. The number of hydrazone groups is 1. The first-order chi connectivity index (χ1) is 15.0. The molecule has 31 heavy (non-hydrogen) atoms. The van der Waals surface area contributed by atoms with Gasteiger partial charge < -0.3 is 19.1 Å². The largest absolute Gasteiger partial charge is 0.493 e. The number of carbonyl (C=O) groups is 1. The van der Waals surface area contributed by atoms with Crippen molar-refractivity contribution < 1.29 is 23.9 Å². The Morgan fingerprint density at radius 3 is 2.45 bits per heavy atom. The maximum atomic E-state index is 12.7. The zero-order chi connectivity index (χ0) is 22.2. The minimum Gasteiger partial charge on any atom is -0.493 e. The maximum Gasteiger partial charge on any atom is 0.271 e. The van der Waals surface area contributed by atoms with Crippen molar-refractivity contribution in [1.29, 1.82) is 0 Å². The van der Waals surface area contributed by atoms with Crippen LogP contribution in [0.3, 0.4) is 0 Å². The van der Waals surface area contributed by atoms with Gasteiger partial charge in [0.1, 0.15) is 13.1 Å². The van der Waals surface area contributed by atoms with Crippen LogP contribution in [0.25, 0.3) is 0 Å². The summed E-state index contributed by atoms with van der Waals surface area (Å²) in [4.78, 5) is 14.1. The molecule has 2 N–H and O–H groups in total. The van der Waals surface area contributed by atoms with Gasteiger partial charge in [0.25, 0.3) is 5.91 Å². The number of quaternary nitrogens is 1. The van der Waals surface area contributed by atoms with Crippen LogP contribution in [0.2, 0.25) is 0 Å². The van der Waals surface area contributed by atoms with E-state index in [0.717, 1.165) is 32.0 Å². The van der Waals surface area contributed by atoms with Crippen molar-refractivity contribution in [3.05, 3.63) is 59.7 Å². The molecule has 166 valence electrons. The van der Waals surface area contributed by atoms with E-state index in [2.05, 4.69) is 22.7 Å². The summed E-state index contributed by atoms with van der Waals surface area (Å²) in [5.74, 6) is 0.827. The zero-order valence-electron chi connectivity index (χ0n) is 18.7. The predicted octanol–water partition coefficient (Wildman–Crippen LogP) is 2.24. The van der Waals surface area contributed by atoms with Gasteiger partial charge >= 0.3 is 0 Å². The molecular weight excluding hydrogens is 394 g/mol. The van der Waals surface area contributed by atoms with Crippen molar-refractivity contribution >= 4 is 11.6 Å². The van der Waals surface area contributed by atoms with Crippen molar-refractivity contribution in [2.45, 2.75) is 32.9 Å². The van der Waals surface area contributed by atoms with E-state index in [1.807, 2.05) is 39.0 Å². The lowest BCUT2D eigenvalue weighted by Gasteiger charge is -2.31. The lowest BCUT2D eigenvalue weighted by molar-refractivity contribution is -0.928. The molecule has 2 aromatic rings. The van der Waals surface area contributed by atoms with E-state index in [1.54, 1.807) is 25.3 Å². The highest BCUT2D eigenvalue weighted by atomic mass is 16.5. The summed E-state index contributed by atoms with van der Waals surface area (Å²) in [6.07, 6.45) is 0.0124. The molecule has 7 nitrogen and oxygen atoms in total. The first-order valence-corrected chi connectivity index (χ1v) is 10.7. The van der Waals surface area contributed by atoms with E-state index in [4.69, 9.17) is 14.2 Å². The number of ether oxygens (including phenoxy) is 3. The quantitative estimate of drug-likeness (QED) is 0.502. The summed E-state index contributed by atoms with van der Waals surface area (Å²) in [5, 5.41) is 4.46. The lowest BCUT2D eigenvalue weighted by atomic mass is 10.0. The van der Waals surface area contributed by atoms with Crippen LogP contribution < -0.4 is 19.8 Å². The summed E-state index contributed by atoms with van der Waals surface area (Å²) in [7, 11) is 1.56. The fraction of sp³-hybridized carbons (Fsp3) is 0.417. The molecule has 0 aliphatic carbocycles. The number of hydrogen-bond acceptors (Lipinski definition) is 5. The lowest BCUT2D eigenvalue weighted by Crippen LogP contribution is -3.15. The number of carbonyl (C=O) groups excluding carboxylic acids is 1. The van der Waals surface area contributed by atoms with Gasteiger partial charge in [-0.05, 0) is 39.0 Å². The second-order valence-corrected chi connectivity index (χ2v) is 7.84. The Labute approximate surface area is 184 Å². The number of amides is 1. The second kappa shape index (κ2) is 10.9.